The van der Waals surface area contributed by atoms with Crippen molar-refractivity contribution in [3.05, 3.63) is 42.5 Å². The maximum atomic E-state index is 5.76. The van der Waals surface area contributed by atoms with Crippen LogP contribution < -0.4 is 10.1 Å². The molecule has 1 heterocycles. The highest BCUT2D eigenvalue weighted by Crippen LogP contribution is 2.21. The number of rotatable bonds is 10. The van der Waals surface area contributed by atoms with E-state index in [-0.39, 0.29) is 0 Å². The van der Waals surface area contributed by atoms with Gasteiger partial charge in [-0.1, -0.05) is 44.7 Å². The number of nitrogens with zero attached hydrogens (tertiary/aromatic N) is 3. The second kappa shape index (κ2) is 11.7. The topological polar surface area (TPSA) is 40.1 Å². The zero-order valence-electron chi connectivity index (χ0n) is 17.3. The van der Waals surface area contributed by atoms with E-state index in [2.05, 4.69) is 48.5 Å². The maximum absolute atomic E-state index is 5.76. The van der Waals surface area contributed by atoms with E-state index in [9.17, 15) is 0 Å². The maximum Gasteiger partial charge on any atom is 0.194 e. The number of likely N-dealkylation sites (tertiary alicyclic amines) is 1. The summed E-state index contributed by atoms with van der Waals surface area (Å²) < 4.78 is 5.76. The normalized spacial score (nSPS) is 17.4. The predicted octanol–water partition coefficient (Wildman–Crippen LogP) is 3.38. The van der Waals surface area contributed by atoms with E-state index in [0.29, 0.717) is 13.2 Å². The van der Waals surface area contributed by atoms with Crippen LogP contribution in [0.2, 0.25) is 0 Å². The van der Waals surface area contributed by atoms with Crippen LogP contribution in [-0.2, 0) is 6.54 Å². The molecule has 1 aliphatic heterocycles. The van der Waals surface area contributed by atoms with Crippen molar-refractivity contribution in [3.8, 4) is 5.75 Å². The van der Waals surface area contributed by atoms with Crippen molar-refractivity contribution in [2.45, 2.75) is 33.7 Å². The summed E-state index contributed by atoms with van der Waals surface area (Å²) >= 11 is 0. The molecule has 0 aromatic heterocycles. The minimum Gasteiger partial charge on any atom is -0.489 e. The van der Waals surface area contributed by atoms with Crippen LogP contribution in [0.4, 0.5) is 0 Å². The SMILES string of the molecule is C=CCOc1ccccc1CN=C(NCC)N1CCC(CN(CC)CC)C1. The van der Waals surface area contributed by atoms with Gasteiger partial charge in [-0.2, -0.15) is 0 Å². The lowest BCUT2D eigenvalue weighted by Gasteiger charge is -2.24. The molecular formula is C22H36N4O. The third-order valence-corrected chi connectivity index (χ3v) is 5.06. The van der Waals surface area contributed by atoms with Crippen LogP contribution >= 0.6 is 0 Å². The van der Waals surface area contributed by atoms with Crippen LogP contribution in [0, 0.1) is 5.92 Å². The van der Waals surface area contributed by atoms with E-state index < -0.39 is 0 Å². The number of hydrogen-bond acceptors (Lipinski definition) is 3. The van der Waals surface area contributed by atoms with Gasteiger partial charge in [0, 0.05) is 31.7 Å². The van der Waals surface area contributed by atoms with E-state index in [1.54, 1.807) is 6.08 Å². The first-order valence-electron chi connectivity index (χ1n) is 10.3. The van der Waals surface area contributed by atoms with Gasteiger partial charge in [0.25, 0.3) is 0 Å². The molecule has 1 atom stereocenters. The van der Waals surface area contributed by atoms with Crippen molar-refractivity contribution in [2.24, 2.45) is 10.9 Å². The summed E-state index contributed by atoms with van der Waals surface area (Å²) in [6.45, 7) is 17.9. The highest BCUT2D eigenvalue weighted by atomic mass is 16.5. The predicted molar refractivity (Wildman–Crippen MR) is 114 cm³/mol. The molecule has 0 spiro atoms. The molecule has 0 bridgehead atoms. The smallest absolute Gasteiger partial charge is 0.194 e. The van der Waals surface area contributed by atoms with Crippen molar-refractivity contribution in [3.63, 3.8) is 0 Å². The minimum atomic E-state index is 0.514. The Hall–Kier alpha value is -2.01. The number of aliphatic imine (C=N–C) groups is 1. The Labute approximate surface area is 165 Å². The van der Waals surface area contributed by atoms with E-state index in [1.165, 1.54) is 13.0 Å². The highest BCUT2D eigenvalue weighted by molar-refractivity contribution is 5.80. The molecule has 1 aromatic rings. The summed E-state index contributed by atoms with van der Waals surface area (Å²) in [7, 11) is 0. The Bertz CT molecular complexity index is 598. The first-order valence-corrected chi connectivity index (χ1v) is 10.3. The Morgan fingerprint density at radius 3 is 2.81 bits per heavy atom. The molecule has 150 valence electrons. The van der Waals surface area contributed by atoms with Gasteiger partial charge in [-0.05, 0) is 38.4 Å². The molecule has 0 radical (unpaired) electrons. The monoisotopic (exact) mass is 372 g/mol. The van der Waals surface area contributed by atoms with Crippen molar-refractivity contribution in [1.29, 1.82) is 0 Å². The Morgan fingerprint density at radius 2 is 2.11 bits per heavy atom. The first-order chi connectivity index (χ1) is 13.2. The van der Waals surface area contributed by atoms with Gasteiger partial charge < -0.3 is 19.9 Å². The van der Waals surface area contributed by atoms with Crippen molar-refractivity contribution in [2.75, 3.05) is 45.9 Å². The van der Waals surface area contributed by atoms with Crippen LogP contribution in [-0.4, -0.2) is 61.6 Å². The fraction of sp³-hybridized carbons (Fsp3) is 0.591. The van der Waals surface area contributed by atoms with E-state index in [4.69, 9.17) is 9.73 Å². The summed E-state index contributed by atoms with van der Waals surface area (Å²) in [5.74, 6) is 2.62. The number of ether oxygens (including phenoxy) is 1. The van der Waals surface area contributed by atoms with E-state index in [1.807, 2.05) is 18.2 Å². The molecule has 5 heteroatoms. The number of nitrogens with one attached hydrogen (secondary N) is 1. The molecule has 1 saturated heterocycles. The number of benzene rings is 1. The lowest BCUT2D eigenvalue weighted by molar-refractivity contribution is 0.255. The number of para-hydroxylation sites is 1. The zero-order valence-corrected chi connectivity index (χ0v) is 17.3. The molecule has 1 aromatic carbocycles. The van der Waals surface area contributed by atoms with Crippen LogP contribution in [0.5, 0.6) is 5.75 Å². The summed E-state index contributed by atoms with van der Waals surface area (Å²) in [4.78, 5) is 9.83. The van der Waals surface area contributed by atoms with Gasteiger partial charge in [0.15, 0.2) is 5.96 Å². The van der Waals surface area contributed by atoms with Crippen molar-refractivity contribution < 1.29 is 4.74 Å². The number of guanidine groups is 1. The lowest BCUT2D eigenvalue weighted by Crippen LogP contribution is -2.40. The van der Waals surface area contributed by atoms with Gasteiger partial charge in [-0.3, -0.25) is 0 Å². The second-order valence-electron chi connectivity index (χ2n) is 6.96. The molecule has 0 saturated carbocycles. The second-order valence-corrected chi connectivity index (χ2v) is 6.96. The standard InChI is InChI=1S/C22H36N4O/c1-5-15-27-21-12-10-9-11-20(21)16-24-22(23-6-2)26-14-13-19(18-26)17-25(7-3)8-4/h5,9-12,19H,1,6-8,13-18H2,2-4H3,(H,23,24). The van der Waals surface area contributed by atoms with Crippen LogP contribution in [0.15, 0.2) is 41.9 Å². The molecule has 5 nitrogen and oxygen atoms in total. The Morgan fingerprint density at radius 1 is 1.33 bits per heavy atom. The molecule has 1 fully saturated rings. The van der Waals surface area contributed by atoms with Gasteiger partial charge in [0.2, 0.25) is 0 Å². The zero-order chi connectivity index (χ0) is 19.5. The van der Waals surface area contributed by atoms with Crippen molar-refractivity contribution in [1.82, 2.24) is 15.1 Å². The molecule has 0 amide bonds. The largest absolute Gasteiger partial charge is 0.489 e. The molecular weight excluding hydrogens is 336 g/mol. The van der Waals surface area contributed by atoms with Crippen LogP contribution in [0.3, 0.4) is 0 Å². The lowest BCUT2D eigenvalue weighted by atomic mass is 10.1. The fourth-order valence-electron chi connectivity index (χ4n) is 3.53. The average Bonchev–Trinajstić information content (AvgIpc) is 3.16. The molecule has 27 heavy (non-hydrogen) atoms. The summed E-state index contributed by atoms with van der Waals surface area (Å²) in [6, 6.07) is 8.11. The molecule has 1 unspecified atom stereocenters. The van der Waals surface area contributed by atoms with Gasteiger partial charge in [-0.25, -0.2) is 4.99 Å². The molecule has 1 N–H and O–H groups in total. The highest BCUT2D eigenvalue weighted by Gasteiger charge is 2.25. The Kier molecular flexibility index (Phi) is 9.19. The summed E-state index contributed by atoms with van der Waals surface area (Å²) in [5.41, 5.74) is 1.11. The van der Waals surface area contributed by atoms with Crippen LogP contribution in [0.25, 0.3) is 0 Å². The van der Waals surface area contributed by atoms with Crippen LogP contribution in [0.1, 0.15) is 32.8 Å². The summed E-state index contributed by atoms with van der Waals surface area (Å²) in [6.07, 6.45) is 3.00. The molecule has 0 aliphatic carbocycles. The fourth-order valence-corrected chi connectivity index (χ4v) is 3.53. The van der Waals surface area contributed by atoms with Gasteiger partial charge >= 0.3 is 0 Å². The third-order valence-electron chi connectivity index (χ3n) is 5.06. The Balaban J connectivity index is 2.02. The first kappa shape index (κ1) is 21.3. The van der Waals surface area contributed by atoms with Crippen molar-refractivity contribution >= 4 is 5.96 Å². The van der Waals surface area contributed by atoms with E-state index in [0.717, 1.165) is 55.9 Å². The van der Waals surface area contributed by atoms with Gasteiger partial charge in [0.1, 0.15) is 12.4 Å². The minimum absolute atomic E-state index is 0.514. The molecule has 2 rings (SSSR count). The van der Waals surface area contributed by atoms with E-state index >= 15 is 0 Å². The van der Waals surface area contributed by atoms with Gasteiger partial charge in [-0.15, -0.1) is 0 Å². The quantitative estimate of drug-likeness (QED) is 0.388. The molecule has 1 aliphatic rings. The number of hydrogen-bond donors (Lipinski definition) is 1. The third kappa shape index (κ3) is 6.58. The summed E-state index contributed by atoms with van der Waals surface area (Å²) in [5, 5.41) is 3.46. The average molecular weight is 373 g/mol. The van der Waals surface area contributed by atoms with Gasteiger partial charge in [0.05, 0.1) is 6.54 Å².